The second kappa shape index (κ2) is 7.23. The molecule has 5 heteroatoms. The first kappa shape index (κ1) is 13.9. The summed E-state index contributed by atoms with van der Waals surface area (Å²) in [7, 11) is 5.10. The Morgan fingerprint density at radius 1 is 1.20 bits per heavy atom. The molecule has 0 amide bonds. The van der Waals surface area contributed by atoms with Crippen molar-refractivity contribution in [2.45, 2.75) is 25.9 Å². The lowest BCUT2D eigenvalue weighted by atomic mass is 10.3. The van der Waals surface area contributed by atoms with E-state index >= 15 is 0 Å². The second-order valence-corrected chi connectivity index (χ2v) is 3.64. The minimum Gasteiger partial charge on any atom is -0.469 e. The van der Waals surface area contributed by atoms with Crippen LogP contribution in [0.2, 0.25) is 0 Å². The van der Waals surface area contributed by atoms with Gasteiger partial charge in [-0.2, -0.15) is 0 Å². The molecule has 0 radical (unpaired) electrons. The van der Waals surface area contributed by atoms with Crippen LogP contribution in [0, 0.1) is 0 Å². The van der Waals surface area contributed by atoms with Crippen molar-refractivity contribution < 1.29 is 19.1 Å². The third kappa shape index (κ3) is 7.93. The number of likely N-dealkylation sites (N-methyl/N-ethyl adjacent to an activating group) is 1. The molecule has 0 aliphatic heterocycles. The number of hydrogen-bond donors (Lipinski definition) is 0. The summed E-state index contributed by atoms with van der Waals surface area (Å²) in [5, 5.41) is 0. The van der Waals surface area contributed by atoms with Gasteiger partial charge in [-0.1, -0.05) is 0 Å². The number of rotatable bonds is 6. The van der Waals surface area contributed by atoms with Crippen molar-refractivity contribution in [3.8, 4) is 0 Å². The molecule has 88 valence electrons. The number of ether oxygens (including phenoxy) is 2. The van der Waals surface area contributed by atoms with Gasteiger partial charge in [-0.3, -0.25) is 9.59 Å². The van der Waals surface area contributed by atoms with E-state index in [1.807, 2.05) is 25.9 Å². The van der Waals surface area contributed by atoms with Crippen LogP contribution in [0.1, 0.15) is 19.8 Å². The smallest absolute Gasteiger partial charge is 0.306 e. The van der Waals surface area contributed by atoms with Crippen molar-refractivity contribution in [2.24, 2.45) is 0 Å². The summed E-state index contributed by atoms with van der Waals surface area (Å²) in [6.07, 6.45) is -0.0146. The standard InChI is InChI=1S/C10H19NO4/c1-8(7-11(2)3)15-10(13)6-5-9(12)14-4/h8H,5-7H2,1-4H3. The van der Waals surface area contributed by atoms with Crippen LogP contribution in [0.4, 0.5) is 0 Å². The third-order valence-electron chi connectivity index (χ3n) is 1.72. The maximum Gasteiger partial charge on any atom is 0.306 e. The van der Waals surface area contributed by atoms with Crippen LogP contribution in [0.5, 0.6) is 0 Å². The van der Waals surface area contributed by atoms with Gasteiger partial charge in [-0.15, -0.1) is 0 Å². The second-order valence-electron chi connectivity index (χ2n) is 3.64. The Morgan fingerprint density at radius 2 is 1.73 bits per heavy atom. The molecular formula is C10H19NO4. The fourth-order valence-corrected chi connectivity index (χ4v) is 1.14. The molecule has 0 fully saturated rings. The first-order chi connectivity index (χ1) is 6.95. The van der Waals surface area contributed by atoms with Crippen LogP contribution in [0.3, 0.4) is 0 Å². The number of carbonyl (C=O) groups excluding carboxylic acids is 2. The third-order valence-corrected chi connectivity index (χ3v) is 1.72. The van der Waals surface area contributed by atoms with E-state index in [1.165, 1.54) is 7.11 Å². The van der Waals surface area contributed by atoms with E-state index < -0.39 is 5.97 Å². The molecule has 0 aromatic rings. The van der Waals surface area contributed by atoms with Crippen molar-refractivity contribution in [3.63, 3.8) is 0 Å². The molecule has 0 aliphatic rings. The fourth-order valence-electron chi connectivity index (χ4n) is 1.14. The molecule has 0 aromatic heterocycles. The molecule has 0 aliphatic carbocycles. The van der Waals surface area contributed by atoms with E-state index in [1.54, 1.807) is 0 Å². The summed E-state index contributed by atoms with van der Waals surface area (Å²) in [5.41, 5.74) is 0. The maximum atomic E-state index is 11.2. The minimum atomic E-state index is -0.396. The normalized spacial score (nSPS) is 12.3. The van der Waals surface area contributed by atoms with Gasteiger partial charge in [0.15, 0.2) is 0 Å². The Labute approximate surface area is 90.3 Å². The van der Waals surface area contributed by atoms with Crippen molar-refractivity contribution in [2.75, 3.05) is 27.7 Å². The van der Waals surface area contributed by atoms with Crippen molar-refractivity contribution in [1.82, 2.24) is 4.90 Å². The van der Waals surface area contributed by atoms with Crippen LogP contribution in [0.25, 0.3) is 0 Å². The molecular weight excluding hydrogens is 198 g/mol. The molecule has 0 bridgehead atoms. The van der Waals surface area contributed by atoms with Crippen LogP contribution >= 0.6 is 0 Å². The quantitative estimate of drug-likeness (QED) is 0.604. The van der Waals surface area contributed by atoms with Gasteiger partial charge in [0, 0.05) is 6.54 Å². The van der Waals surface area contributed by atoms with E-state index in [-0.39, 0.29) is 24.9 Å². The summed E-state index contributed by atoms with van der Waals surface area (Å²) in [6.45, 7) is 2.49. The summed E-state index contributed by atoms with van der Waals surface area (Å²) < 4.78 is 9.48. The van der Waals surface area contributed by atoms with Crippen molar-refractivity contribution >= 4 is 11.9 Å². The molecule has 15 heavy (non-hydrogen) atoms. The minimum absolute atomic E-state index is 0.0734. The average molecular weight is 217 g/mol. The Bertz CT molecular complexity index is 215. The van der Waals surface area contributed by atoms with Gasteiger partial charge in [-0.25, -0.2) is 0 Å². The molecule has 0 spiro atoms. The van der Waals surface area contributed by atoms with Crippen LogP contribution in [-0.4, -0.2) is 50.7 Å². The molecule has 0 aromatic carbocycles. The lowest BCUT2D eigenvalue weighted by molar-refractivity contribution is -0.152. The van der Waals surface area contributed by atoms with Crippen LogP contribution in [0.15, 0.2) is 0 Å². The van der Waals surface area contributed by atoms with Gasteiger partial charge in [0.1, 0.15) is 6.10 Å². The zero-order valence-electron chi connectivity index (χ0n) is 9.78. The van der Waals surface area contributed by atoms with E-state index in [2.05, 4.69) is 4.74 Å². The van der Waals surface area contributed by atoms with E-state index in [0.29, 0.717) is 6.54 Å². The SMILES string of the molecule is COC(=O)CCC(=O)OC(C)CN(C)C. The maximum absolute atomic E-state index is 11.2. The highest BCUT2D eigenvalue weighted by molar-refractivity contribution is 5.77. The Kier molecular flexibility index (Phi) is 6.70. The predicted molar refractivity (Wildman–Crippen MR) is 55.4 cm³/mol. The highest BCUT2D eigenvalue weighted by Gasteiger charge is 2.12. The van der Waals surface area contributed by atoms with E-state index in [0.717, 1.165) is 0 Å². The zero-order valence-corrected chi connectivity index (χ0v) is 9.78. The molecule has 0 saturated heterocycles. The number of methoxy groups -OCH3 is 1. The lowest BCUT2D eigenvalue weighted by Crippen LogP contribution is -2.28. The average Bonchev–Trinajstić information content (AvgIpc) is 2.12. The summed E-state index contributed by atoms with van der Waals surface area (Å²) in [5.74, 6) is -0.762. The van der Waals surface area contributed by atoms with Crippen molar-refractivity contribution in [1.29, 1.82) is 0 Å². The fraction of sp³-hybridized carbons (Fsp3) is 0.800. The number of carbonyl (C=O) groups is 2. The Hall–Kier alpha value is -1.10. The predicted octanol–water partition coefficient (Wildman–Crippen LogP) is 0.433. The zero-order chi connectivity index (χ0) is 11.8. The number of nitrogens with zero attached hydrogens (tertiary/aromatic N) is 1. The van der Waals surface area contributed by atoms with E-state index in [4.69, 9.17) is 4.74 Å². The van der Waals surface area contributed by atoms with Gasteiger partial charge < -0.3 is 14.4 Å². The monoisotopic (exact) mass is 217 g/mol. The van der Waals surface area contributed by atoms with Gasteiger partial charge >= 0.3 is 11.9 Å². The van der Waals surface area contributed by atoms with Gasteiger partial charge in [0.2, 0.25) is 0 Å². The number of hydrogen-bond acceptors (Lipinski definition) is 5. The number of esters is 2. The molecule has 1 unspecified atom stereocenters. The summed E-state index contributed by atoms with van der Waals surface area (Å²) >= 11 is 0. The summed E-state index contributed by atoms with van der Waals surface area (Å²) in [4.78, 5) is 23.9. The largest absolute Gasteiger partial charge is 0.469 e. The molecule has 0 N–H and O–H groups in total. The highest BCUT2D eigenvalue weighted by Crippen LogP contribution is 1.99. The van der Waals surface area contributed by atoms with E-state index in [9.17, 15) is 9.59 Å². The topological polar surface area (TPSA) is 55.8 Å². The molecule has 5 nitrogen and oxygen atoms in total. The molecule has 0 rings (SSSR count). The Balaban J connectivity index is 3.69. The van der Waals surface area contributed by atoms with Crippen molar-refractivity contribution in [3.05, 3.63) is 0 Å². The first-order valence-electron chi connectivity index (χ1n) is 4.86. The van der Waals surface area contributed by atoms with Crippen LogP contribution in [-0.2, 0) is 19.1 Å². The van der Waals surface area contributed by atoms with Crippen LogP contribution < -0.4 is 0 Å². The molecule has 1 atom stereocenters. The summed E-state index contributed by atoms with van der Waals surface area (Å²) in [6, 6.07) is 0. The Morgan fingerprint density at radius 3 is 2.20 bits per heavy atom. The first-order valence-corrected chi connectivity index (χ1v) is 4.86. The highest BCUT2D eigenvalue weighted by atomic mass is 16.5. The molecule has 0 saturated carbocycles. The van der Waals surface area contributed by atoms with Gasteiger partial charge in [0.05, 0.1) is 20.0 Å². The van der Waals surface area contributed by atoms with Gasteiger partial charge in [0.25, 0.3) is 0 Å². The van der Waals surface area contributed by atoms with Gasteiger partial charge in [-0.05, 0) is 21.0 Å². The lowest BCUT2D eigenvalue weighted by Gasteiger charge is -2.17. The molecule has 0 heterocycles.